The maximum Gasteiger partial charge on any atom is 0.335 e. The minimum atomic E-state index is -0.998. The predicted octanol–water partition coefficient (Wildman–Crippen LogP) is 7.87. The molecule has 4 fully saturated rings. The van der Waals surface area contributed by atoms with E-state index in [2.05, 4.69) is 64.8 Å². The van der Waals surface area contributed by atoms with E-state index in [-0.39, 0.29) is 46.2 Å². The van der Waals surface area contributed by atoms with Crippen LogP contribution in [0, 0.1) is 56.7 Å². The Kier molecular flexibility index (Phi) is 10.1. The average Bonchev–Trinajstić information content (AvgIpc) is 3.47. The third kappa shape index (κ3) is 6.06. The molecule has 0 heterocycles. The normalized spacial score (nSPS) is 38.4. The third-order valence-corrected chi connectivity index (χ3v) is 16.4. The van der Waals surface area contributed by atoms with Gasteiger partial charge in [-0.1, -0.05) is 65.0 Å². The van der Waals surface area contributed by atoms with Crippen LogP contribution >= 0.6 is 0 Å². The summed E-state index contributed by atoms with van der Waals surface area (Å²) in [5.41, 5.74) is 4.12. The van der Waals surface area contributed by atoms with Gasteiger partial charge in [-0.05, 0) is 152 Å². The number of aliphatic hydroxyl groups is 2. The molecule has 1 amide bonds. The fourth-order valence-corrected chi connectivity index (χ4v) is 13.5. The molecule has 4 saturated carbocycles. The Bertz CT molecular complexity index is 1540. The van der Waals surface area contributed by atoms with Crippen molar-refractivity contribution in [2.24, 2.45) is 56.7 Å². The van der Waals surface area contributed by atoms with Gasteiger partial charge in [-0.25, -0.2) is 4.79 Å². The van der Waals surface area contributed by atoms with E-state index in [9.17, 15) is 24.9 Å². The molecule has 6 rings (SSSR count). The zero-order chi connectivity index (χ0) is 37.2. The van der Waals surface area contributed by atoms with Crippen molar-refractivity contribution >= 4 is 17.4 Å². The van der Waals surface area contributed by atoms with Gasteiger partial charge in [0.25, 0.3) is 0 Å². The van der Waals surface area contributed by atoms with Gasteiger partial charge in [0.1, 0.15) is 0 Å². The van der Waals surface area contributed by atoms with Crippen LogP contribution in [0.2, 0.25) is 0 Å². The Morgan fingerprint density at radius 1 is 0.902 bits per heavy atom. The van der Waals surface area contributed by atoms with Crippen LogP contribution in [0.3, 0.4) is 0 Å². The molecule has 0 radical (unpaired) electrons. The van der Waals surface area contributed by atoms with Gasteiger partial charge in [0, 0.05) is 19.5 Å². The Morgan fingerprint density at radius 3 is 2.22 bits per heavy atom. The first-order valence-corrected chi connectivity index (χ1v) is 19.8. The van der Waals surface area contributed by atoms with Crippen LogP contribution in [-0.2, 0) is 4.79 Å². The molecule has 282 valence electrons. The summed E-state index contributed by atoms with van der Waals surface area (Å²) in [6.45, 7) is 22.3. The number of fused-ring (bicyclic) bond motifs is 7. The lowest BCUT2D eigenvalue weighted by Crippen LogP contribution is -2.65. The Labute approximate surface area is 307 Å². The third-order valence-electron chi connectivity index (χ3n) is 16.4. The second kappa shape index (κ2) is 13.4. The van der Waals surface area contributed by atoms with Gasteiger partial charge in [0.15, 0.2) is 0 Å². The standard InChI is InChI=1S/C44H66N2O5/c1-28(2)31-15-21-44(25-45-24-18-36(49)46-40(5,26-47)27-48)23-22-42(7)33(37(31)44)13-14-35-41(6)19-16-32(29-9-11-30(12-10-29)38(50)51)39(3,4)34(41)17-20-43(35,42)8/h9-12,16,31,33-35,37,45,47-48H,1,13-15,17-27H2,2-8H3,(H,46,49)(H,50,51)/t31?,33-,34+,35-,37-,41+,42-,43-,44-/m1/s1. The zero-order valence-corrected chi connectivity index (χ0v) is 32.5. The number of carbonyl (C=O) groups is 2. The molecule has 51 heavy (non-hydrogen) atoms. The average molecular weight is 703 g/mol. The molecule has 5 aliphatic rings. The van der Waals surface area contributed by atoms with Crippen LogP contribution in [0.4, 0.5) is 0 Å². The van der Waals surface area contributed by atoms with Crippen LogP contribution in [0.15, 0.2) is 42.5 Å². The van der Waals surface area contributed by atoms with Gasteiger partial charge in [-0.15, -0.1) is 0 Å². The van der Waals surface area contributed by atoms with Crippen molar-refractivity contribution in [1.82, 2.24) is 10.6 Å². The molecule has 0 spiro atoms. The van der Waals surface area contributed by atoms with Gasteiger partial charge in [-0.2, -0.15) is 0 Å². The molecule has 1 unspecified atom stereocenters. The van der Waals surface area contributed by atoms with Crippen molar-refractivity contribution in [3.8, 4) is 0 Å². The smallest absolute Gasteiger partial charge is 0.335 e. The van der Waals surface area contributed by atoms with E-state index < -0.39 is 11.5 Å². The highest BCUT2D eigenvalue weighted by Crippen LogP contribution is 2.77. The van der Waals surface area contributed by atoms with Crippen LogP contribution in [-0.4, -0.2) is 59.0 Å². The Balaban J connectivity index is 1.23. The predicted molar refractivity (Wildman–Crippen MR) is 204 cm³/mol. The number of carboxylic acids is 1. The molecule has 0 aromatic heterocycles. The molecule has 1 aromatic rings. The lowest BCUT2D eigenvalue weighted by Gasteiger charge is -2.72. The van der Waals surface area contributed by atoms with Crippen molar-refractivity contribution in [2.45, 2.75) is 118 Å². The van der Waals surface area contributed by atoms with Crippen LogP contribution in [0.5, 0.6) is 0 Å². The summed E-state index contributed by atoms with van der Waals surface area (Å²) in [6.07, 6.45) is 13.8. The van der Waals surface area contributed by atoms with Crippen LogP contribution < -0.4 is 10.6 Å². The molecule has 0 saturated heterocycles. The highest BCUT2D eigenvalue weighted by Gasteiger charge is 2.70. The van der Waals surface area contributed by atoms with E-state index in [0.29, 0.717) is 48.1 Å². The summed E-state index contributed by atoms with van der Waals surface area (Å²) in [5, 5.41) is 35.2. The zero-order valence-electron chi connectivity index (χ0n) is 32.5. The second-order valence-corrected chi connectivity index (χ2v) is 19.3. The number of allylic oxidation sites excluding steroid dienone is 3. The van der Waals surface area contributed by atoms with Crippen molar-refractivity contribution < 1.29 is 24.9 Å². The molecule has 5 N–H and O–H groups in total. The number of amides is 1. The number of aromatic carboxylic acids is 1. The van der Waals surface area contributed by atoms with Crippen LogP contribution in [0.1, 0.15) is 129 Å². The van der Waals surface area contributed by atoms with Crippen LogP contribution in [0.25, 0.3) is 5.57 Å². The lowest BCUT2D eigenvalue weighted by atomic mass is 9.32. The van der Waals surface area contributed by atoms with E-state index >= 15 is 0 Å². The SMILES string of the molecule is C=C(C)C1CC[C@]2(CNCCC(=O)NC(C)(CO)CO)CC[C@]3(C)[C@H](CC[C@@H]4[C@@]5(C)CC=C(c6ccc(C(=O)O)cc6)C(C)(C)[C@@H]5CC[C@]43C)[C@@H]12. The van der Waals surface area contributed by atoms with E-state index in [4.69, 9.17) is 0 Å². The summed E-state index contributed by atoms with van der Waals surface area (Å²) in [7, 11) is 0. The number of hydrogen-bond acceptors (Lipinski definition) is 5. The van der Waals surface area contributed by atoms with E-state index in [0.717, 1.165) is 18.5 Å². The maximum absolute atomic E-state index is 12.7. The van der Waals surface area contributed by atoms with Crippen molar-refractivity contribution in [1.29, 1.82) is 0 Å². The van der Waals surface area contributed by atoms with Gasteiger partial charge in [0.05, 0.1) is 24.3 Å². The van der Waals surface area contributed by atoms with Crippen molar-refractivity contribution in [3.05, 3.63) is 53.6 Å². The molecule has 1 aromatic carbocycles. The topological polar surface area (TPSA) is 119 Å². The number of hydrogen-bond donors (Lipinski definition) is 5. The first-order chi connectivity index (χ1) is 23.9. The van der Waals surface area contributed by atoms with Gasteiger partial charge in [0.2, 0.25) is 5.91 Å². The Hall–Kier alpha value is -2.48. The molecule has 5 aliphatic carbocycles. The lowest BCUT2D eigenvalue weighted by molar-refractivity contribution is -0.225. The number of nitrogens with one attached hydrogen (secondary N) is 2. The highest BCUT2D eigenvalue weighted by molar-refractivity contribution is 5.88. The fraction of sp³-hybridized carbons (Fsp3) is 0.727. The summed E-state index contributed by atoms with van der Waals surface area (Å²) in [5.74, 6) is 1.96. The molecule has 0 bridgehead atoms. The van der Waals surface area contributed by atoms with E-state index in [1.807, 2.05) is 12.1 Å². The molecule has 7 heteroatoms. The molecular formula is C44H66N2O5. The van der Waals surface area contributed by atoms with E-state index in [1.54, 1.807) is 19.1 Å². The molecule has 0 aliphatic heterocycles. The monoisotopic (exact) mass is 702 g/mol. The summed E-state index contributed by atoms with van der Waals surface area (Å²) in [6, 6.07) is 7.54. The van der Waals surface area contributed by atoms with Crippen molar-refractivity contribution in [2.75, 3.05) is 26.3 Å². The summed E-state index contributed by atoms with van der Waals surface area (Å²) in [4.78, 5) is 24.2. The molecule has 7 nitrogen and oxygen atoms in total. The first kappa shape index (κ1) is 38.3. The quantitative estimate of drug-likeness (QED) is 0.118. The second-order valence-electron chi connectivity index (χ2n) is 19.3. The van der Waals surface area contributed by atoms with Gasteiger partial charge < -0.3 is 26.0 Å². The summed E-state index contributed by atoms with van der Waals surface area (Å²) >= 11 is 0. The Morgan fingerprint density at radius 2 is 1.59 bits per heavy atom. The van der Waals surface area contributed by atoms with Gasteiger partial charge >= 0.3 is 5.97 Å². The minimum absolute atomic E-state index is 0.00751. The summed E-state index contributed by atoms with van der Waals surface area (Å²) < 4.78 is 0. The van der Waals surface area contributed by atoms with Crippen molar-refractivity contribution in [3.63, 3.8) is 0 Å². The number of carbonyl (C=O) groups excluding carboxylic acids is 1. The van der Waals surface area contributed by atoms with E-state index in [1.165, 1.54) is 62.5 Å². The number of carboxylic acid groups (broad SMARTS) is 1. The number of rotatable bonds is 11. The maximum atomic E-state index is 12.7. The minimum Gasteiger partial charge on any atom is -0.478 e. The molecule has 9 atom stereocenters. The number of benzene rings is 1. The largest absolute Gasteiger partial charge is 0.478 e. The van der Waals surface area contributed by atoms with Gasteiger partial charge in [-0.3, -0.25) is 4.79 Å². The first-order valence-electron chi connectivity index (χ1n) is 19.8. The fourth-order valence-electron chi connectivity index (χ4n) is 13.5. The number of aliphatic hydroxyl groups excluding tert-OH is 2. The molecular weight excluding hydrogens is 636 g/mol. The highest BCUT2D eigenvalue weighted by atomic mass is 16.4.